The summed E-state index contributed by atoms with van der Waals surface area (Å²) in [6.45, 7) is 2.04. The number of benzene rings is 2. The zero-order valence-electron chi connectivity index (χ0n) is 15.3. The third kappa shape index (κ3) is 4.13. The molecule has 4 rings (SSSR count). The van der Waals surface area contributed by atoms with Crippen LogP contribution >= 0.6 is 34.5 Å². The molecule has 29 heavy (non-hydrogen) atoms. The van der Waals surface area contributed by atoms with Gasteiger partial charge in [0, 0.05) is 17.0 Å². The van der Waals surface area contributed by atoms with Gasteiger partial charge in [0.05, 0.1) is 26.9 Å². The highest BCUT2D eigenvalue weighted by Gasteiger charge is 2.14. The maximum Gasteiger partial charge on any atom is 0.137 e. The number of halogens is 2. The number of aromatic nitrogens is 1. The molecule has 0 amide bonds. The summed E-state index contributed by atoms with van der Waals surface area (Å²) < 4.78 is 5.87. The van der Waals surface area contributed by atoms with Gasteiger partial charge in [-0.3, -0.25) is 0 Å². The van der Waals surface area contributed by atoms with Gasteiger partial charge in [0.25, 0.3) is 0 Å². The van der Waals surface area contributed by atoms with Crippen molar-refractivity contribution in [2.75, 3.05) is 0 Å². The van der Waals surface area contributed by atoms with E-state index < -0.39 is 0 Å². The molecule has 0 saturated carbocycles. The molecule has 0 radical (unpaired) electrons. The molecule has 6 heteroatoms. The molecule has 0 bridgehead atoms. The lowest BCUT2D eigenvalue weighted by Gasteiger charge is -2.02. The van der Waals surface area contributed by atoms with Crippen molar-refractivity contribution < 1.29 is 4.42 Å². The Kier molecular flexibility index (Phi) is 5.55. The SMILES string of the molecule is Cc1ccc(-c2csc(/C(C#N)=C/c3ccc(-c4c(Cl)cccc4Cl)o3)n2)cc1. The zero-order chi connectivity index (χ0) is 20.4. The van der Waals surface area contributed by atoms with E-state index in [1.807, 2.05) is 36.6 Å². The summed E-state index contributed by atoms with van der Waals surface area (Å²) in [5.74, 6) is 1.07. The van der Waals surface area contributed by atoms with Crippen molar-refractivity contribution in [2.45, 2.75) is 6.92 Å². The van der Waals surface area contributed by atoms with E-state index in [0.717, 1.165) is 11.3 Å². The summed E-state index contributed by atoms with van der Waals surface area (Å²) in [7, 11) is 0. The predicted octanol–water partition coefficient (Wildman–Crippen LogP) is 7.75. The van der Waals surface area contributed by atoms with E-state index in [1.54, 1.807) is 36.4 Å². The Balaban J connectivity index is 1.65. The van der Waals surface area contributed by atoms with Crippen LogP contribution in [0.5, 0.6) is 0 Å². The van der Waals surface area contributed by atoms with E-state index in [9.17, 15) is 5.26 Å². The first-order chi connectivity index (χ1) is 14.0. The van der Waals surface area contributed by atoms with Crippen molar-refractivity contribution in [3.8, 4) is 28.7 Å². The van der Waals surface area contributed by atoms with Crippen LogP contribution in [0, 0.1) is 18.3 Å². The molecule has 0 spiro atoms. The Hall–Kier alpha value is -2.84. The van der Waals surface area contributed by atoms with Crippen molar-refractivity contribution >= 4 is 46.2 Å². The number of nitrogens with zero attached hydrogens (tertiary/aromatic N) is 2. The molecule has 0 N–H and O–H groups in total. The van der Waals surface area contributed by atoms with Crippen LogP contribution in [0.25, 0.3) is 34.2 Å². The molecule has 0 unspecified atom stereocenters. The highest BCUT2D eigenvalue weighted by molar-refractivity contribution is 7.11. The molecule has 2 aromatic carbocycles. The first-order valence-corrected chi connectivity index (χ1v) is 10.4. The maximum atomic E-state index is 9.63. The molecule has 2 heterocycles. The second kappa shape index (κ2) is 8.26. The normalized spacial score (nSPS) is 11.4. The second-order valence-corrected chi connectivity index (χ2v) is 8.04. The lowest BCUT2D eigenvalue weighted by molar-refractivity contribution is 0.572. The summed E-state index contributed by atoms with van der Waals surface area (Å²) in [6, 6.07) is 19.2. The number of nitriles is 1. The molecule has 2 aromatic heterocycles. The Morgan fingerprint density at radius 3 is 2.48 bits per heavy atom. The summed E-state index contributed by atoms with van der Waals surface area (Å²) >= 11 is 13.9. The summed E-state index contributed by atoms with van der Waals surface area (Å²) in [4.78, 5) is 4.61. The Morgan fingerprint density at radius 1 is 1.07 bits per heavy atom. The van der Waals surface area contributed by atoms with Gasteiger partial charge in [0.2, 0.25) is 0 Å². The Bertz CT molecular complexity index is 1230. The molecule has 0 saturated heterocycles. The zero-order valence-corrected chi connectivity index (χ0v) is 17.6. The maximum absolute atomic E-state index is 9.63. The molecular weight excluding hydrogens is 423 g/mol. The number of thiazole rings is 1. The van der Waals surface area contributed by atoms with Crippen LogP contribution in [0.3, 0.4) is 0 Å². The highest BCUT2D eigenvalue weighted by atomic mass is 35.5. The van der Waals surface area contributed by atoms with Gasteiger partial charge >= 0.3 is 0 Å². The Morgan fingerprint density at radius 2 is 1.79 bits per heavy atom. The summed E-state index contributed by atoms with van der Waals surface area (Å²) in [6.07, 6.45) is 1.67. The number of rotatable bonds is 4. The van der Waals surface area contributed by atoms with Gasteiger partial charge in [-0.2, -0.15) is 5.26 Å². The topological polar surface area (TPSA) is 49.8 Å². The van der Waals surface area contributed by atoms with E-state index in [1.165, 1.54) is 16.9 Å². The second-order valence-electron chi connectivity index (χ2n) is 6.37. The van der Waals surface area contributed by atoms with Gasteiger partial charge in [0.1, 0.15) is 22.6 Å². The van der Waals surface area contributed by atoms with Crippen LogP contribution in [-0.4, -0.2) is 4.98 Å². The first kappa shape index (κ1) is 19.5. The lowest BCUT2D eigenvalue weighted by Crippen LogP contribution is -1.83. The molecule has 3 nitrogen and oxygen atoms in total. The van der Waals surface area contributed by atoms with Crippen LogP contribution in [-0.2, 0) is 0 Å². The van der Waals surface area contributed by atoms with Gasteiger partial charge in [-0.15, -0.1) is 11.3 Å². The third-order valence-corrected chi connectivity index (χ3v) is 5.83. The Labute approximate surface area is 182 Å². The van der Waals surface area contributed by atoms with E-state index >= 15 is 0 Å². The van der Waals surface area contributed by atoms with Gasteiger partial charge in [0.15, 0.2) is 0 Å². The van der Waals surface area contributed by atoms with Crippen molar-refractivity contribution in [1.29, 1.82) is 5.26 Å². The van der Waals surface area contributed by atoms with Crippen molar-refractivity contribution in [1.82, 2.24) is 4.98 Å². The monoisotopic (exact) mass is 436 g/mol. The molecule has 0 aliphatic carbocycles. The van der Waals surface area contributed by atoms with Gasteiger partial charge in [-0.05, 0) is 31.2 Å². The average molecular weight is 437 g/mol. The fourth-order valence-corrected chi connectivity index (χ4v) is 4.21. The fraction of sp³-hybridized carbons (Fsp3) is 0.0435. The molecule has 0 aliphatic rings. The molecule has 4 aromatic rings. The van der Waals surface area contributed by atoms with E-state index in [0.29, 0.717) is 37.7 Å². The molecule has 0 aliphatic heterocycles. The lowest BCUT2D eigenvalue weighted by atomic mass is 10.1. The quantitative estimate of drug-likeness (QED) is 0.307. The van der Waals surface area contributed by atoms with Crippen molar-refractivity contribution in [3.05, 3.63) is 86.4 Å². The number of aryl methyl sites for hydroxylation is 1. The van der Waals surface area contributed by atoms with Crippen LogP contribution in [0.15, 0.2) is 64.4 Å². The van der Waals surface area contributed by atoms with Crippen molar-refractivity contribution in [3.63, 3.8) is 0 Å². The van der Waals surface area contributed by atoms with E-state index in [2.05, 4.69) is 11.1 Å². The summed E-state index contributed by atoms with van der Waals surface area (Å²) in [5, 5.41) is 13.2. The van der Waals surface area contributed by atoms with Gasteiger partial charge in [-0.1, -0.05) is 59.1 Å². The number of hydrogen-bond acceptors (Lipinski definition) is 4. The van der Waals surface area contributed by atoms with Crippen LogP contribution in [0.2, 0.25) is 10.0 Å². The molecular formula is C23H14Cl2N2OS. The molecule has 142 valence electrons. The first-order valence-electron chi connectivity index (χ1n) is 8.74. The molecule has 0 atom stereocenters. The third-order valence-electron chi connectivity index (χ3n) is 4.32. The van der Waals surface area contributed by atoms with Crippen LogP contribution in [0.1, 0.15) is 16.3 Å². The van der Waals surface area contributed by atoms with Crippen LogP contribution < -0.4 is 0 Å². The van der Waals surface area contributed by atoms with E-state index in [4.69, 9.17) is 27.6 Å². The number of furan rings is 1. The van der Waals surface area contributed by atoms with Crippen molar-refractivity contribution in [2.24, 2.45) is 0 Å². The van der Waals surface area contributed by atoms with Gasteiger partial charge < -0.3 is 4.42 Å². The largest absolute Gasteiger partial charge is 0.457 e. The average Bonchev–Trinajstić information content (AvgIpc) is 3.37. The summed E-state index contributed by atoms with van der Waals surface area (Å²) in [5.41, 5.74) is 4.11. The highest BCUT2D eigenvalue weighted by Crippen LogP contribution is 2.36. The number of allylic oxidation sites excluding steroid dienone is 1. The minimum absolute atomic E-state index is 0.430. The fourth-order valence-electron chi connectivity index (χ4n) is 2.84. The van der Waals surface area contributed by atoms with E-state index in [-0.39, 0.29) is 0 Å². The molecule has 0 fully saturated rings. The standard InChI is InChI=1S/C23H14Cl2N2OS/c1-14-5-7-15(8-6-14)20-13-29-23(27-20)16(12-26)11-17-9-10-21(28-17)22-18(24)3-2-4-19(22)25/h2-11,13H,1H3/b16-11+. The predicted molar refractivity (Wildman–Crippen MR) is 120 cm³/mol. The minimum atomic E-state index is 0.430. The van der Waals surface area contributed by atoms with Crippen LogP contribution in [0.4, 0.5) is 0 Å². The van der Waals surface area contributed by atoms with Gasteiger partial charge in [-0.25, -0.2) is 4.98 Å². The smallest absolute Gasteiger partial charge is 0.137 e. The minimum Gasteiger partial charge on any atom is -0.457 e. The number of hydrogen-bond donors (Lipinski definition) is 0.